The van der Waals surface area contributed by atoms with Gasteiger partial charge >= 0.3 is 0 Å². The predicted octanol–water partition coefficient (Wildman–Crippen LogP) is 2.38. The summed E-state index contributed by atoms with van der Waals surface area (Å²) in [6.45, 7) is 0. The van der Waals surface area contributed by atoms with E-state index in [4.69, 9.17) is 5.73 Å². The number of hydrogen-bond acceptors (Lipinski definition) is 3. The molecule has 4 nitrogen and oxygen atoms in total. The first-order valence-corrected chi connectivity index (χ1v) is 5.72. The molecular weight excluding hydrogens is 273 g/mol. The lowest BCUT2D eigenvalue weighted by atomic mass is 9.85. The number of pyridine rings is 1. The Bertz CT molecular complexity index is 362. The van der Waals surface area contributed by atoms with Crippen LogP contribution in [0.5, 0.6) is 0 Å². The number of carbonyl (C=O) groups is 1. The molecule has 0 aliphatic heterocycles. The van der Waals surface area contributed by atoms with E-state index in [1.807, 2.05) is 0 Å². The second-order valence-corrected chi connectivity index (χ2v) is 4.35. The molecule has 1 aromatic rings. The van der Waals surface area contributed by atoms with Crippen LogP contribution >= 0.6 is 24.8 Å². The summed E-state index contributed by atoms with van der Waals surface area (Å²) < 4.78 is 0. The van der Waals surface area contributed by atoms with Gasteiger partial charge in [0, 0.05) is 30.0 Å². The summed E-state index contributed by atoms with van der Waals surface area (Å²) in [5.74, 6) is 0.151. The van der Waals surface area contributed by atoms with E-state index in [0.29, 0.717) is 0 Å². The van der Waals surface area contributed by atoms with Gasteiger partial charge < -0.3 is 11.1 Å². The third-order valence-corrected chi connectivity index (χ3v) is 3.03. The molecule has 18 heavy (non-hydrogen) atoms. The summed E-state index contributed by atoms with van der Waals surface area (Å²) in [5, 5.41) is 2.90. The van der Waals surface area contributed by atoms with E-state index in [-0.39, 0.29) is 42.7 Å². The summed E-state index contributed by atoms with van der Waals surface area (Å²) in [6.07, 6.45) is 7.18. The Morgan fingerprint density at radius 1 is 1.28 bits per heavy atom. The van der Waals surface area contributed by atoms with Gasteiger partial charge in [-0.1, -0.05) is 6.42 Å². The molecule has 2 atom stereocenters. The van der Waals surface area contributed by atoms with Crippen molar-refractivity contribution in [2.24, 2.45) is 11.7 Å². The quantitative estimate of drug-likeness (QED) is 0.879. The topological polar surface area (TPSA) is 68.0 Å². The Balaban J connectivity index is 0.00000144. The summed E-state index contributed by atoms with van der Waals surface area (Å²) in [6, 6.07) is 3.77. The van der Waals surface area contributed by atoms with Gasteiger partial charge in [0.1, 0.15) is 0 Å². The second-order valence-electron chi connectivity index (χ2n) is 4.35. The first-order chi connectivity index (χ1) is 7.75. The molecule has 1 heterocycles. The van der Waals surface area contributed by atoms with E-state index in [2.05, 4.69) is 10.3 Å². The number of halogens is 2. The van der Waals surface area contributed by atoms with E-state index in [1.165, 1.54) is 0 Å². The number of nitrogens with two attached hydrogens (primary N) is 1. The Morgan fingerprint density at radius 3 is 2.56 bits per heavy atom. The molecular formula is C12H19Cl2N3O. The minimum absolute atomic E-state index is 0. The number of rotatable bonds is 2. The number of carbonyl (C=O) groups excluding carboxylic acids is 1. The molecule has 2 unspecified atom stereocenters. The summed E-state index contributed by atoms with van der Waals surface area (Å²) in [4.78, 5) is 15.8. The maximum atomic E-state index is 11.9. The first kappa shape index (κ1) is 17.2. The molecule has 1 saturated carbocycles. The molecule has 1 fully saturated rings. The molecule has 1 aliphatic carbocycles. The summed E-state index contributed by atoms with van der Waals surface area (Å²) >= 11 is 0. The van der Waals surface area contributed by atoms with Crippen molar-refractivity contribution in [3.63, 3.8) is 0 Å². The number of aromatic nitrogens is 1. The van der Waals surface area contributed by atoms with Crippen LogP contribution in [0, 0.1) is 5.92 Å². The lowest BCUT2D eigenvalue weighted by Gasteiger charge is -2.25. The third kappa shape index (κ3) is 4.80. The van der Waals surface area contributed by atoms with Crippen molar-refractivity contribution in [3.8, 4) is 0 Å². The van der Waals surface area contributed by atoms with Gasteiger partial charge in [-0.2, -0.15) is 0 Å². The van der Waals surface area contributed by atoms with Crippen molar-refractivity contribution >= 4 is 36.4 Å². The number of amides is 1. The molecule has 102 valence electrons. The normalized spacial score (nSPS) is 22.3. The molecule has 1 aromatic heterocycles. The standard InChI is InChI=1S/C12H17N3O.2ClH/c13-10-3-1-2-9(8-10)12(16)15-11-4-6-14-7-5-11;;/h4-7,9-10H,1-3,8,13H2,(H,14,15,16);2*1H. The van der Waals surface area contributed by atoms with Crippen molar-refractivity contribution in [1.29, 1.82) is 0 Å². The summed E-state index contributed by atoms with van der Waals surface area (Å²) in [7, 11) is 0. The lowest BCUT2D eigenvalue weighted by Crippen LogP contribution is -2.34. The minimum Gasteiger partial charge on any atom is -0.328 e. The van der Waals surface area contributed by atoms with Gasteiger partial charge in [0.25, 0.3) is 0 Å². The third-order valence-electron chi connectivity index (χ3n) is 3.03. The Kier molecular flexibility index (Phi) is 7.91. The van der Waals surface area contributed by atoms with Gasteiger partial charge in [0.05, 0.1) is 0 Å². The minimum atomic E-state index is 0. The maximum Gasteiger partial charge on any atom is 0.227 e. The lowest BCUT2D eigenvalue weighted by molar-refractivity contribution is -0.120. The second kappa shape index (κ2) is 8.29. The molecule has 0 bridgehead atoms. The van der Waals surface area contributed by atoms with Crippen molar-refractivity contribution in [2.45, 2.75) is 31.7 Å². The van der Waals surface area contributed by atoms with Gasteiger partial charge in [0.15, 0.2) is 0 Å². The van der Waals surface area contributed by atoms with Crippen LogP contribution in [0.3, 0.4) is 0 Å². The van der Waals surface area contributed by atoms with Crippen molar-refractivity contribution in [3.05, 3.63) is 24.5 Å². The first-order valence-electron chi connectivity index (χ1n) is 5.72. The fourth-order valence-electron chi connectivity index (χ4n) is 2.15. The van der Waals surface area contributed by atoms with Crippen molar-refractivity contribution < 1.29 is 4.79 Å². The van der Waals surface area contributed by atoms with Crippen molar-refractivity contribution in [1.82, 2.24) is 4.98 Å². The molecule has 0 radical (unpaired) electrons. The zero-order valence-electron chi connectivity index (χ0n) is 10.0. The molecule has 3 N–H and O–H groups in total. The number of nitrogens with one attached hydrogen (secondary N) is 1. The van der Waals surface area contributed by atoms with Crippen LogP contribution in [0.2, 0.25) is 0 Å². The van der Waals surface area contributed by atoms with Crippen LogP contribution in [0.4, 0.5) is 5.69 Å². The van der Waals surface area contributed by atoms with Gasteiger partial charge in [-0.3, -0.25) is 9.78 Å². The zero-order chi connectivity index (χ0) is 11.4. The van der Waals surface area contributed by atoms with Crippen molar-refractivity contribution in [2.75, 3.05) is 5.32 Å². The number of anilines is 1. The SMILES string of the molecule is Cl.Cl.NC1CCCC(C(=O)Nc2ccncc2)C1. The smallest absolute Gasteiger partial charge is 0.227 e. The van der Waals surface area contributed by atoms with E-state index in [1.54, 1.807) is 24.5 Å². The van der Waals surface area contributed by atoms with Gasteiger partial charge in [-0.25, -0.2) is 0 Å². The highest BCUT2D eigenvalue weighted by molar-refractivity contribution is 5.92. The van der Waals surface area contributed by atoms with Gasteiger partial charge in [-0.15, -0.1) is 24.8 Å². The van der Waals surface area contributed by atoms with Crippen LogP contribution in [0.1, 0.15) is 25.7 Å². The van der Waals surface area contributed by atoms with Gasteiger partial charge in [0.2, 0.25) is 5.91 Å². The predicted molar refractivity (Wildman–Crippen MR) is 77.3 cm³/mol. The fraction of sp³-hybridized carbons (Fsp3) is 0.500. The molecule has 6 heteroatoms. The van der Waals surface area contributed by atoms with Crippen LogP contribution in [0.15, 0.2) is 24.5 Å². The molecule has 1 aliphatic rings. The molecule has 0 saturated heterocycles. The van der Waals surface area contributed by atoms with E-state index in [0.717, 1.165) is 31.4 Å². The summed E-state index contributed by atoms with van der Waals surface area (Å²) in [5.41, 5.74) is 6.67. The average Bonchev–Trinajstić information content (AvgIpc) is 2.30. The van der Waals surface area contributed by atoms with Gasteiger partial charge in [-0.05, 0) is 31.4 Å². The Morgan fingerprint density at radius 2 is 1.94 bits per heavy atom. The van der Waals surface area contributed by atoms with E-state index in [9.17, 15) is 4.79 Å². The number of nitrogens with zero attached hydrogens (tertiary/aromatic N) is 1. The van der Waals surface area contributed by atoms with E-state index < -0.39 is 0 Å². The Labute approximate surface area is 120 Å². The molecule has 2 rings (SSSR count). The zero-order valence-corrected chi connectivity index (χ0v) is 11.7. The molecule has 0 spiro atoms. The van der Waals surface area contributed by atoms with Crippen LogP contribution in [0.25, 0.3) is 0 Å². The highest BCUT2D eigenvalue weighted by atomic mass is 35.5. The average molecular weight is 292 g/mol. The largest absolute Gasteiger partial charge is 0.328 e. The van der Waals surface area contributed by atoms with E-state index >= 15 is 0 Å². The van der Waals surface area contributed by atoms with Crippen LogP contribution in [-0.2, 0) is 4.79 Å². The molecule has 0 aromatic carbocycles. The Hall–Kier alpha value is -0.840. The fourth-order valence-corrected chi connectivity index (χ4v) is 2.15. The highest BCUT2D eigenvalue weighted by Gasteiger charge is 2.25. The van der Waals surface area contributed by atoms with Crippen LogP contribution < -0.4 is 11.1 Å². The highest BCUT2D eigenvalue weighted by Crippen LogP contribution is 2.24. The number of hydrogen-bond donors (Lipinski definition) is 2. The molecule has 1 amide bonds. The van der Waals surface area contributed by atoms with Crippen LogP contribution in [-0.4, -0.2) is 16.9 Å². The monoisotopic (exact) mass is 291 g/mol. The maximum absolute atomic E-state index is 11.9.